The number of ether oxygens (including phenoxy) is 1. The van der Waals surface area contributed by atoms with Gasteiger partial charge < -0.3 is 10.1 Å². The average Bonchev–Trinajstić information content (AvgIpc) is 2.90. The number of nitrogens with one attached hydrogen (secondary N) is 1. The Balaban J connectivity index is 2.07. The number of hydrogen-bond acceptors (Lipinski definition) is 7. The number of anilines is 1. The van der Waals surface area contributed by atoms with E-state index < -0.39 is 0 Å². The van der Waals surface area contributed by atoms with Crippen LogP contribution < -0.4 is 5.32 Å². The quantitative estimate of drug-likeness (QED) is 0.808. The number of thioether (sulfide) groups is 1. The molecule has 0 spiro atoms. The topological polar surface area (TPSA) is 87.9 Å². The standard InChI is InChI=1S/C15H16N4O2S2/c1-9-4-11(7-21-3)12(5-16)14(18-9)22-8-13(20)19-15-17-6-10(2)23-15/h4,6H,7-8H2,1-3H3,(H,17,19,20). The van der Waals surface area contributed by atoms with Gasteiger partial charge in [-0.05, 0) is 25.5 Å². The molecule has 0 unspecified atom stereocenters. The summed E-state index contributed by atoms with van der Waals surface area (Å²) < 4.78 is 5.11. The molecular formula is C15H16N4O2S2. The number of hydrogen-bond donors (Lipinski definition) is 1. The highest BCUT2D eigenvalue weighted by Crippen LogP contribution is 2.25. The monoisotopic (exact) mass is 348 g/mol. The van der Waals surface area contributed by atoms with Crippen LogP contribution in [0.15, 0.2) is 17.3 Å². The van der Waals surface area contributed by atoms with Crippen LogP contribution in [0.3, 0.4) is 0 Å². The molecule has 0 aromatic carbocycles. The molecule has 2 aromatic rings. The molecule has 23 heavy (non-hydrogen) atoms. The summed E-state index contributed by atoms with van der Waals surface area (Å²) in [6.07, 6.45) is 1.71. The maximum atomic E-state index is 12.0. The van der Waals surface area contributed by atoms with Gasteiger partial charge in [-0.3, -0.25) is 4.79 Å². The van der Waals surface area contributed by atoms with Crippen LogP contribution in [0.1, 0.15) is 21.7 Å². The molecule has 0 aliphatic heterocycles. The fourth-order valence-corrected chi connectivity index (χ4v) is 3.46. The van der Waals surface area contributed by atoms with E-state index in [0.717, 1.165) is 16.1 Å². The lowest BCUT2D eigenvalue weighted by Crippen LogP contribution is -2.14. The Morgan fingerprint density at radius 1 is 1.52 bits per heavy atom. The summed E-state index contributed by atoms with van der Waals surface area (Å²) in [7, 11) is 1.58. The van der Waals surface area contributed by atoms with Crippen molar-refractivity contribution >= 4 is 34.1 Å². The molecule has 8 heteroatoms. The first kappa shape index (κ1) is 17.4. The van der Waals surface area contributed by atoms with Gasteiger partial charge in [0.05, 0.1) is 17.9 Å². The molecule has 0 aliphatic rings. The normalized spacial score (nSPS) is 10.3. The van der Waals surface area contributed by atoms with Gasteiger partial charge in [0.25, 0.3) is 0 Å². The first-order valence-electron chi connectivity index (χ1n) is 6.78. The Hall–Kier alpha value is -1.95. The van der Waals surface area contributed by atoms with Crippen LogP contribution >= 0.6 is 23.1 Å². The number of rotatable bonds is 6. The zero-order valence-electron chi connectivity index (χ0n) is 13.0. The zero-order valence-corrected chi connectivity index (χ0v) is 14.7. The molecule has 2 heterocycles. The van der Waals surface area contributed by atoms with Gasteiger partial charge in [-0.15, -0.1) is 11.3 Å². The number of carbonyl (C=O) groups excluding carboxylic acids is 1. The number of pyridine rings is 1. The summed E-state index contributed by atoms with van der Waals surface area (Å²) in [6, 6.07) is 3.97. The van der Waals surface area contributed by atoms with Crippen LogP contribution in [0.2, 0.25) is 0 Å². The number of nitrogens with zero attached hydrogens (tertiary/aromatic N) is 3. The summed E-state index contributed by atoms with van der Waals surface area (Å²) in [6.45, 7) is 4.11. The van der Waals surface area contributed by atoms with Gasteiger partial charge >= 0.3 is 0 Å². The fourth-order valence-electron chi connectivity index (χ4n) is 1.91. The number of amides is 1. The van der Waals surface area contributed by atoms with Crippen LogP contribution in [0.4, 0.5) is 5.13 Å². The smallest absolute Gasteiger partial charge is 0.236 e. The third-order valence-corrected chi connectivity index (χ3v) is 4.62. The molecule has 0 fully saturated rings. The summed E-state index contributed by atoms with van der Waals surface area (Å²) in [5.41, 5.74) is 2.02. The van der Waals surface area contributed by atoms with Crippen molar-refractivity contribution in [2.75, 3.05) is 18.2 Å². The van der Waals surface area contributed by atoms with E-state index in [0.29, 0.717) is 22.3 Å². The van der Waals surface area contributed by atoms with Gasteiger partial charge in [0, 0.05) is 23.9 Å². The van der Waals surface area contributed by atoms with Gasteiger partial charge in [-0.2, -0.15) is 5.26 Å². The highest BCUT2D eigenvalue weighted by atomic mass is 32.2. The second-order valence-corrected chi connectivity index (χ2v) is 6.96. The molecule has 0 saturated carbocycles. The Kier molecular flexibility index (Phi) is 6.10. The Labute approximate surface area is 142 Å². The van der Waals surface area contributed by atoms with Crippen molar-refractivity contribution in [2.24, 2.45) is 0 Å². The number of nitriles is 1. The van der Waals surface area contributed by atoms with Crippen molar-refractivity contribution < 1.29 is 9.53 Å². The largest absolute Gasteiger partial charge is 0.380 e. The lowest BCUT2D eigenvalue weighted by Gasteiger charge is -2.09. The maximum absolute atomic E-state index is 12.0. The minimum absolute atomic E-state index is 0.163. The first-order chi connectivity index (χ1) is 11.0. The maximum Gasteiger partial charge on any atom is 0.236 e. The van der Waals surface area contributed by atoms with Crippen LogP contribution in [0, 0.1) is 25.2 Å². The van der Waals surface area contributed by atoms with Gasteiger partial charge in [0.2, 0.25) is 5.91 Å². The Morgan fingerprint density at radius 2 is 2.30 bits per heavy atom. The molecule has 1 N–H and O–H groups in total. The minimum Gasteiger partial charge on any atom is -0.380 e. The second kappa shape index (κ2) is 8.06. The average molecular weight is 348 g/mol. The Bertz CT molecular complexity index is 752. The van der Waals surface area contributed by atoms with E-state index in [1.807, 2.05) is 19.9 Å². The van der Waals surface area contributed by atoms with E-state index in [1.54, 1.807) is 13.3 Å². The van der Waals surface area contributed by atoms with E-state index in [4.69, 9.17) is 4.74 Å². The van der Waals surface area contributed by atoms with Crippen molar-refractivity contribution in [3.05, 3.63) is 34.0 Å². The Morgan fingerprint density at radius 3 is 2.91 bits per heavy atom. The molecule has 2 aromatic heterocycles. The summed E-state index contributed by atoms with van der Waals surface area (Å²) in [4.78, 5) is 21.5. The highest BCUT2D eigenvalue weighted by molar-refractivity contribution is 8.00. The molecule has 0 saturated heterocycles. The molecule has 0 radical (unpaired) electrons. The zero-order chi connectivity index (χ0) is 16.8. The van der Waals surface area contributed by atoms with Crippen molar-refractivity contribution in [3.8, 4) is 6.07 Å². The van der Waals surface area contributed by atoms with Crippen LogP contribution in [-0.2, 0) is 16.1 Å². The van der Waals surface area contributed by atoms with Crippen molar-refractivity contribution in [2.45, 2.75) is 25.5 Å². The molecular weight excluding hydrogens is 332 g/mol. The molecule has 1 amide bonds. The first-order valence-corrected chi connectivity index (χ1v) is 8.58. The van der Waals surface area contributed by atoms with Crippen molar-refractivity contribution in [3.63, 3.8) is 0 Å². The van der Waals surface area contributed by atoms with Crippen LogP contribution in [0.5, 0.6) is 0 Å². The van der Waals surface area contributed by atoms with Gasteiger partial charge in [0.1, 0.15) is 11.1 Å². The molecule has 120 valence electrons. The molecule has 2 rings (SSSR count). The van der Waals surface area contributed by atoms with Crippen molar-refractivity contribution in [1.29, 1.82) is 5.26 Å². The molecule has 0 aliphatic carbocycles. The van der Waals surface area contributed by atoms with E-state index in [1.165, 1.54) is 23.1 Å². The number of carbonyl (C=O) groups is 1. The summed E-state index contributed by atoms with van der Waals surface area (Å²) >= 11 is 2.66. The summed E-state index contributed by atoms with van der Waals surface area (Å²) in [5.74, 6) is -0.0132. The number of methoxy groups -OCH3 is 1. The minimum atomic E-state index is -0.176. The summed E-state index contributed by atoms with van der Waals surface area (Å²) in [5, 5.41) is 13.2. The van der Waals surface area contributed by atoms with E-state index in [2.05, 4.69) is 21.4 Å². The van der Waals surface area contributed by atoms with E-state index in [-0.39, 0.29) is 11.7 Å². The highest BCUT2D eigenvalue weighted by Gasteiger charge is 2.14. The lowest BCUT2D eigenvalue weighted by atomic mass is 10.1. The van der Waals surface area contributed by atoms with Crippen LogP contribution in [0.25, 0.3) is 0 Å². The number of thiazole rings is 1. The van der Waals surface area contributed by atoms with Gasteiger partial charge in [-0.25, -0.2) is 9.97 Å². The predicted octanol–water partition coefficient (Wildman–Crippen LogP) is 2.90. The SMILES string of the molecule is COCc1cc(C)nc(SCC(=O)Nc2ncc(C)s2)c1C#N. The fraction of sp³-hybridized carbons (Fsp3) is 0.333. The predicted molar refractivity (Wildman–Crippen MR) is 90.6 cm³/mol. The lowest BCUT2D eigenvalue weighted by molar-refractivity contribution is -0.113. The van der Waals surface area contributed by atoms with Crippen molar-refractivity contribution in [1.82, 2.24) is 9.97 Å². The van der Waals surface area contributed by atoms with E-state index >= 15 is 0 Å². The molecule has 6 nitrogen and oxygen atoms in total. The van der Waals surface area contributed by atoms with Gasteiger partial charge in [-0.1, -0.05) is 11.8 Å². The van der Waals surface area contributed by atoms with E-state index in [9.17, 15) is 10.1 Å². The molecule has 0 bridgehead atoms. The number of aromatic nitrogens is 2. The third kappa shape index (κ3) is 4.76. The van der Waals surface area contributed by atoms with Gasteiger partial charge in [0.15, 0.2) is 5.13 Å². The second-order valence-electron chi connectivity index (χ2n) is 4.76. The number of aryl methyl sites for hydroxylation is 2. The third-order valence-electron chi connectivity index (χ3n) is 2.82. The van der Waals surface area contributed by atoms with Crippen LogP contribution in [-0.4, -0.2) is 28.7 Å². The molecule has 0 atom stereocenters.